The number of nitrogens with zero attached hydrogens (tertiary/aromatic N) is 1. The van der Waals surface area contributed by atoms with Gasteiger partial charge in [0.2, 0.25) is 11.8 Å². The van der Waals surface area contributed by atoms with Crippen LogP contribution in [0.25, 0.3) is 5.57 Å². The molecule has 0 radical (unpaired) electrons. The van der Waals surface area contributed by atoms with Crippen LogP contribution in [-0.4, -0.2) is 32.2 Å². The van der Waals surface area contributed by atoms with E-state index in [1.807, 2.05) is 30.3 Å². The first-order valence-corrected chi connectivity index (χ1v) is 6.49. The molecule has 0 saturated heterocycles. The summed E-state index contributed by atoms with van der Waals surface area (Å²) >= 11 is 0. The van der Waals surface area contributed by atoms with Gasteiger partial charge in [0.15, 0.2) is 0 Å². The number of nitrogens with one attached hydrogen (secondary N) is 2. The second-order valence-corrected chi connectivity index (χ2v) is 4.12. The summed E-state index contributed by atoms with van der Waals surface area (Å²) in [7, 11) is 2.98. The van der Waals surface area contributed by atoms with Crippen LogP contribution in [0.5, 0.6) is 0 Å². The van der Waals surface area contributed by atoms with Gasteiger partial charge in [-0.1, -0.05) is 35.5 Å². The van der Waals surface area contributed by atoms with Gasteiger partial charge >= 0.3 is 0 Å². The molecule has 0 aliphatic carbocycles. The molecule has 0 bridgehead atoms. The van der Waals surface area contributed by atoms with Gasteiger partial charge in [-0.2, -0.15) is 0 Å². The fourth-order valence-electron chi connectivity index (χ4n) is 1.52. The van der Waals surface area contributed by atoms with Gasteiger partial charge in [-0.3, -0.25) is 9.59 Å². The van der Waals surface area contributed by atoms with Gasteiger partial charge in [-0.25, -0.2) is 0 Å². The third-order valence-electron chi connectivity index (χ3n) is 2.65. The van der Waals surface area contributed by atoms with Gasteiger partial charge in [-0.15, -0.1) is 0 Å². The molecule has 21 heavy (non-hydrogen) atoms. The topological polar surface area (TPSA) is 79.8 Å². The number of rotatable bonds is 7. The van der Waals surface area contributed by atoms with Gasteiger partial charge in [0.25, 0.3) is 0 Å². The fourth-order valence-corrected chi connectivity index (χ4v) is 1.52. The summed E-state index contributed by atoms with van der Waals surface area (Å²) in [4.78, 5) is 27.4. The predicted octanol–water partition coefficient (Wildman–Crippen LogP) is 1.30. The van der Waals surface area contributed by atoms with Crippen molar-refractivity contribution in [2.24, 2.45) is 5.16 Å². The Hall–Kier alpha value is -2.63. The van der Waals surface area contributed by atoms with E-state index in [0.717, 1.165) is 5.56 Å². The SMILES string of the molecule is CNC(=O)CCC(=O)N/C=C(/C=N\OC)c1ccccc1. The van der Waals surface area contributed by atoms with E-state index in [1.165, 1.54) is 20.4 Å². The number of benzene rings is 1. The fraction of sp³-hybridized carbons (Fsp3) is 0.267. The molecule has 1 aromatic carbocycles. The summed E-state index contributed by atoms with van der Waals surface area (Å²) in [6.07, 6.45) is 3.33. The Morgan fingerprint density at radius 2 is 1.86 bits per heavy atom. The Labute approximate surface area is 123 Å². The highest BCUT2D eigenvalue weighted by Crippen LogP contribution is 2.10. The second-order valence-electron chi connectivity index (χ2n) is 4.12. The molecule has 112 valence electrons. The third-order valence-corrected chi connectivity index (χ3v) is 2.65. The molecule has 2 N–H and O–H groups in total. The molecule has 0 atom stereocenters. The predicted molar refractivity (Wildman–Crippen MR) is 81.4 cm³/mol. The zero-order chi connectivity index (χ0) is 15.5. The summed E-state index contributed by atoms with van der Waals surface area (Å²) in [5.41, 5.74) is 1.59. The largest absolute Gasteiger partial charge is 0.399 e. The number of hydrogen-bond donors (Lipinski definition) is 2. The number of hydrogen-bond acceptors (Lipinski definition) is 4. The first-order valence-electron chi connectivity index (χ1n) is 6.49. The summed E-state index contributed by atoms with van der Waals surface area (Å²) in [5, 5.41) is 8.81. The Kier molecular flexibility index (Phi) is 7.28. The van der Waals surface area contributed by atoms with Gasteiger partial charge < -0.3 is 15.5 Å². The quantitative estimate of drug-likeness (QED) is 0.586. The van der Waals surface area contributed by atoms with E-state index >= 15 is 0 Å². The van der Waals surface area contributed by atoms with Crippen LogP contribution in [0.4, 0.5) is 0 Å². The Morgan fingerprint density at radius 1 is 1.19 bits per heavy atom. The minimum absolute atomic E-state index is 0.125. The Bertz CT molecular complexity index is 524. The molecule has 0 aliphatic heterocycles. The monoisotopic (exact) mass is 289 g/mol. The lowest BCUT2D eigenvalue weighted by Gasteiger charge is -2.04. The van der Waals surface area contributed by atoms with Gasteiger partial charge in [0.1, 0.15) is 7.11 Å². The van der Waals surface area contributed by atoms with Crippen molar-refractivity contribution in [3.63, 3.8) is 0 Å². The summed E-state index contributed by atoms with van der Waals surface area (Å²) in [5.74, 6) is -0.406. The molecule has 6 nitrogen and oxygen atoms in total. The lowest BCUT2D eigenvalue weighted by atomic mass is 10.1. The van der Waals surface area contributed by atoms with Crippen LogP contribution in [0.15, 0.2) is 41.7 Å². The average Bonchev–Trinajstić information content (AvgIpc) is 2.53. The van der Waals surface area contributed by atoms with Crippen molar-refractivity contribution in [3.8, 4) is 0 Å². The maximum atomic E-state index is 11.7. The standard InChI is InChI=1S/C15H19N3O3/c1-16-14(19)8-9-15(20)17-10-13(11-18-21-2)12-6-4-3-5-7-12/h3-7,10-11H,8-9H2,1-2H3,(H,16,19)(H,17,20)/b13-10-,18-11-. The molecule has 0 aliphatic rings. The average molecular weight is 289 g/mol. The second kappa shape index (κ2) is 9.30. The van der Waals surface area contributed by atoms with Crippen LogP contribution in [-0.2, 0) is 14.4 Å². The number of oxime groups is 1. The van der Waals surface area contributed by atoms with Crippen LogP contribution in [0.1, 0.15) is 18.4 Å². The maximum Gasteiger partial charge on any atom is 0.224 e. The molecule has 0 heterocycles. The molecule has 0 spiro atoms. The summed E-state index contributed by atoms with van der Waals surface area (Å²) in [6, 6.07) is 9.46. The maximum absolute atomic E-state index is 11.7. The first-order chi connectivity index (χ1) is 10.2. The van der Waals surface area contributed by atoms with Crippen molar-refractivity contribution in [2.75, 3.05) is 14.2 Å². The molecule has 0 fully saturated rings. The smallest absolute Gasteiger partial charge is 0.224 e. The molecule has 1 rings (SSSR count). The normalized spacial score (nSPS) is 11.2. The van der Waals surface area contributed by atoms with Crippen LogP contribution < -0.4 is 10.6 Å². The van der Waals surface area contributed by atoms with E-state index in [-0.39, 0.29) is 24.7 Å². The van der Waals surface area contributed by atoms with E-state index in [4.69, 9.17) is 0 Å². The summed E-state index contributed by atoms with van der Waals surface area (Å²) < 4.78 is 0. The highest BCUT2D eigenvalue weighted by molar-refractivity contribution is 6.09. The minimum atomic E-state index is -0.238. The Morgan fingerprint density at radius 3 is 2.48 bits per heavy atom. The zero-order valence-corrected chi connectivity index (χ0v) is 12.1. The number of carbonyl (C=O) groups is 2. The van der Waals surface area contributed by atoms with Crippen LogP contribution in [0, 0.1) is 0 Å². The summed E-state index contributed by atoms with van der Waals surface area (Å²) in [6.45, 7) is 0. The van der Waals surface area contributed by atoms with Crippen molar-refractivity contribution < 1.29 is 14.4 Å². The molecule has 0 unspecified atom stereocenters. The van der Waals surface area contributed by atoms with E-state index in [9.17, 15) is 9.59 Å². The van der Waals surface area contributed by atoms with E-state index in [2.05, 4.69) is 20.6 Å². The highest BCUT2D eigenvalue weighted by Gasteiger charge is 2.05. The van der Waals surface area contributed by atoms with Crippen molar-refractivity contribution >= 4 is 23.6 Å². The van der Waals surface area contributed by atoms with Crippen molar-refractivity contribution in [3.05, 3.63) is 42.1 Å². The van der Waals surface area contributed by atoms with Gasteiger partial charge in [-0.05, 0) is 5.56 Å². The zero-order valence-electron chi connectivity index (χ0n) is 12.1. The minimum Gasteiger partial charge on any atom is -0.399 e. The van der Waals surface area contributed by atoms with Crippen molar-refractivity contribution in [1.29, 1.82) is 0 Å². The number of carbonyl (C=O) groups excluding carboxylic acids is 2. The van der Waals surface area contributed by atoms with Gasteiger partial charge in [0, 0.05) is 31.7 Å². The lowest BCUT2D eigenvalue weighted by molar-refractivity contribution is -0.125. The van der Waals surface area contributed by atoms with Crippen LogP contribution >= 0.6 is 0 Å². The first kappa shape index (κ1) is 16.4. The lowest BCUT2D eigenvalue weighted by Crippen LogP contribution is -2.23. The van der Waals surface area contributed by atoms with Crippen LogP contribution in [0.3, 0.4) is 0 Å². The van der Waals surface area contributed by atoms with Gasteiger partial charge in [0.05, 0.1) is 6.21 Å². The Balaban J connectivity index is 2.69. The molecule has 0 aromatic heterocycles. The third kappa shape index (κ3) is 6.38. The molecule has 6 heteroatoms. The van der Waals surface area contributed by atoms with E-state index in [0.29, 0.717) is 5.57 Å². The molecule has 0 saturated carbocycles. The molecule has 1 aromatic rings. The number of allylic oxidation sites excluding steroid dienone is 1. The molecular weight excluding hydrogens is 270 g/mol. The van der Waals surface area contributed by atoms with E-state index in [1.54, 1.807) is 6.20 Å². The van der Waals surface area contributed by atoms with Crippen molar-refractivity contribution in [1.82, 2.24) is 10.6 Å². The number of amides is 2. The van der Waals surface area contributed by atoms with Crippen LogP contribution in [0.2, 0.25) is 0 Å². The van der Waals surface area contributed by atoms with Crippen molar-refractivity contribution in [2.45, 2.75) is 12.8 Å². The highest BCUT2D eigenvalue weighted by atomic mass is 16.6. The molecule has 2 amide bonds. The van der Waals surface area contributed by atoms with E-state index < -0.39 is 0 Å². The molecular formula is C15H19N3O3.